The molecule has 11 heteroatoms. The third kappa shape index (κ3) is 5.00. The third-order valence-corrected chi connectivity index (χ3v) is 5.74. The Hall–Kier alpha value is -4.02. The highest BCUT2D eigenvalue weighted by molar-refractivity contribution is 6.32. The van der Waals surface area contributed by atoms with Crippen LogP contribution >= 0.6 is 11.6 Å². The fourth-order valence-electron chi connectivity index (χ4n) is 3.88. The molecule has 0 aliphatic rings. The van der Waals surface area contributed by atoms with E-state index in [9.17, 15) is 5.11 Å². The van der Waals surface area contributed by atoms with Gasteiger partial charge < -0.3 is 24.6 Å². The molecule has 2 aromatic carbocycles. The van der Waals surface area contributed by atoms with Crippen molar-refractivity contribution in [1.29, 1.82) is 0 Å². The molecule has 0 saturated heterocycles. The van der Waals surface area contributed by atoms with Crippen LogP contribution in [-0.4, -0.2) is 53.8 Å². The number of nitrogens with zero attached hydrogens (tertiary/aromatic N) is 7. The standard InChI is InChI=1S/C25H25ClN8O2/c1-25(2,35)12-33(3)24-27-11-19-22(32-24)23(29-13-28-19)31-15-5-8-21(17(26)9-15)36-16-6-7-20-18(10-16)30-14-34(20)4/h5-11,13-14,35H,12H2,1-4H3,(H,28,29,31). The van der Waals surface area contributed by atoms with Crippen LogP contribution in [0, 0.1) is 0 Å². The molecule has 5 rings (SSSR count). The minimum atomic E-state index is -0.898. The molecule has 5 aromatic rings. The molecular weight excluding hydrogens is 480 g/mol. The molecule has 0 aliphatic heterocycles. The number of halogens is 1. The summed E-state index contributed by atoms with van der Waals surface area (Å²) in [6.45, 7) is 3.82. The maximum atomic E-state index is 10.1. The van der Waals surface area contributed by atoms with Crippen molar-refractivity contribution < 1.29 is 9.84 Å². The van der Waals surface area contributed by atoms with Gasteiger partial charge in [0.05, 0.1) is 34.2 Å². The second-order valence-electron chi connectivity index (χ2n) is 9.17. The number of fused-ring (bicyclic) bond motifs is 2. The summed E-state index contributed by atoms with van der Waals surface area (Å²) in [6.07, 6.45) is 4.84. The van der Waals surface area contributed by atoms with E-state index in [4.69, 9.17) is 16.3 Å². The topological polar surface area (TPSA) is 114 Å². The van der Waals surface area contributed by atoms with Gasteiger partial charge in [-0.15, -0.1) is 0 Å². The maximum Gasteiger partial charge on any atom is 0.225 e. The van der Waals surface area contributed by atoms with E-state index in [0.717, 1.165) is 11.0 Å². The Morgan fingerprint density at radius 2 is 1.92 bits per heavy atom. The van der Waals surface area contributed by atoms with E-state index in [2.05, 4.69) is 30.2 Å². The van der Waals surface area contributed by atoms with Crippen LogP contribution in [0.1, 0.15) is 13.8 Å². The molecule has 3 aromatic heterocycles. The first kappa shape index (κ1) is 23.7. The van der Waals surface area contributed by atoms with Crippen molar-refractivity contribution >= 4 is 51.1 Å². The van der Waals surface area contributed by atoms with Gasteiger partial charge in [-0.25, -0.2) is 24.9 Å². The summed E-state index contributed by atoms with van der Waals surface area (Å²) in [7, 11) is 3.76. The smallest absolute Gasteiger partial charge is 0.225 e. The summed E-state index contributed by atoms with van der Waals surface area (Å²) < 4.78 is 7.95. The van der Waals surface area contributed by atoms with Crippen LogP contribution in [-0.2, 0) is 7.05 Å². The van der Waals surface area contributed by atoms with Crippen molar-refractivity contribution in [1.82, 2.24) is 29.5 Å². The second-order valence-corrected chi connectivity index (χ2v) is 9.58. The molecule has 36 heavy (non-hydrogen) atoms. The number of benzene rings is 2. The molecule has 0 radical (unpaired) electrons. The zero-order valence-corrected chi connectivity index (χ0v) is 21.0. The van der Waals surface area contributed by atoms with Crippen LogP contribution in [0.2, 0.25) is 5.02 Å². The lowest BCUT2D eigenvalue weighted by Crippen LogP contribution is -2.37. The van der Waals surface area contributed by atoms with Crippen LogP contribution in [0.3, 0.4) is 0 Å². The average molecular weight is 505 g/mol. The van der Waals surface area contributed by atoms with E-state index in [1.54, 1.807) is 43.4 Å². The first-order valence-corrected chi connectivity index (χ1v) is 11.6. The number of aromatic nitrogens is 6. The number of ether oxygens (including phenoxy) is 1. The highest BCUT2D eigenvalue weighted by Gasteiger charge is 2.19. The number of aliphatic hydroxyl groups is 1. The zero-order chi connectivity index (χ0) is 25.4. The lowest BCUT2D eigenvalue weighted by atomic mass is 10.1. The van der Waals surface area contributed by atoms with E-state index >= 15 is 0 Å². The highest BCUT2D eigenvalue weighted by atomic mass is 35.5. The summed E-state index contributed by atoms with van der Waals surface area (Å²) in [5, 5.41) is 13.8. The lowest BCUT2D eigenvalue weighted by molar-refractivity contribution is 0.0883. The number of hydrogen-bond donors (Lipinski definition) is 2. The summed E-state index contributed by atoms with van der Waals surface area (Å²) in [4.78, 5) is 23.8. The van der Waals surface area contributed by atoms with Crippen molar-refractivity contribution in [3.05, 3.63) is 60.3 Å². The van der Waals surface area contributed by atoms with Gasteiger partial charge in [0.15, 0.2) is 5.82 Å². The Balaban J connectivity index is 1.38. The first-order valence-electron chi connectivity index (χ1n) is 11.2. The van der Waals surface area contributed by atoms with Gasteiger partial charge in [-0.2, -0.15) is 0 Å². The van der Waals surface area contributed by atoms with Gasteiger partial charge in [0, 0.05) is 32.4 Å². The van der Waals surface area contributed by atoms with Gasteiger partial charge in [0.25, 0.3) is 0 Å². The van der Waals surface area contributed by atoms with Crippen LogP contribution in [0.25, 0.3) is 22.1 Å². The van der Waals surface area contributed by atoms with Crippen molar-refractivity contribution in [3.8, 4) is 11.5 Å². The van der Waals surface area contributed by atoms with E-state index in [0.29, 0.717) is 51.6 Å². The number of likely N-dealkylation sites (N-methyl/N-ethyl adjacent to an activating group) is 1. The number of rotatable bonds is 7. The monoisotopic (exact) mass is 504 g/mol. The van der Waals surface area contributed by atoms with Crippen LogP contribution in [0.5, 0.6) is 11.5 Å². The summed E-state index contributed by atoms with van der Waals surface area (Å²) in [6, 6.07) is 11.1. The van der Waals surface area contributed by atoms with Crippen molar-refractivity contribution in [2.75, 3.05) is 23.8 Å². The zero-order valence-electron chi connectivity index (χ0n) is 20.3. The molecule has 0 aliphatic carbocycles. The van der Waals surface area contributed by atoms with Crippen LogP contribution in [0.15, 0.2) is 55.2 Å². The van der Waals surface area contributed by atoms with E-state index in [-0.39, 0.29) is 0 Å². The van der Waals surface area contributed by atoms with Gasteiger partial charge in [-0.3, -0.25) is 0 Å². The molecule has 10 nitrogen and oxygen atoms in total. The van der Waals surface area contributed by atoms with Crippen molar-refractivity contribution in [2.24, 2.45) is 7.05 Å². The fourth-order valence-corrected chi connectivity index (χ4v) is 4.09. The van der Waals surface area contributed by atoms with E-state index in [1.807, 2.05) is 42.9 Å². The Bertz CT molecular complexity index is 1560. The second kappa shape index (κ2) is 9.21. The normalized spacial score (nSPS) is 11.7. The third-order valence-electron chi connectivity index (χ3n) is 5.45. The lowest BCUT2D eigenvalue weighted by Gasteiger charge is -2.25. The quantitative estimate of drug-likeness (QED) is 0.325. The SMILES string of the molecule is CN(CC(C)(C)O)c1ncc2ncnc(Nc3ccc(Oc4ccc5c(c4)ncn5C)c(Cl)c3)c2n1. The number of imidazole rings is 1. The molecule has 0 spiro atoms. The molecule has 2 N–H and O–H groups in total. The minimum Gasteiger partial charge on any atom is -0.456 e. The minimum absolute atomic E-state index is 0.360. The molecule has 0 fully saturated rings. The van der Waals surface area contributed by atoms with Crippen LogP contribution in [0.4, 0.5) is 17.5 Å². The number of hydrogen-bond acceptors (Lipinski definition) is 9. The molecule has 0 bridgehead atoms. The van der Waals surface area contributed by atoms with E-state index in [1.165, 1.54) is 6.33 Å². The van der Waals surface area contributed by atoms with Gasteiger partial charge in [0.2, 0.25) is 5.95 Å². The van der Waals surface area contributed by atoms with Crippen LogP contribution < -0.4 is 15.0 Å². The Labute approximate surface area is 212 Å². The predicted molar refractivity (Wildman–Crippen MR) is 140 cm³/mol. The maximum absolute atomic E-state index is 10.1. The Morgan fingerprint density at radius 3 is 2.69 bits per heavy atom. The molecular formula is C25H25ClN8O2. The number of aryl methyl sites for hydroxylation is 1. The van der Waals surface area contributed by atoms with Gasteiger partial charge >= 0.3 is 0 Å². The fraction of sp³-hybridized carbons (Fsp3) is 0.240. The molecule has 3 heterocycles. The van der Waals surface area contributed by atoms with Gasteiger partial charge in [-0.05, 0) is 44.2 Å². The average Bonchev–Trinajstić information content (AvgIpc) is 3.19. The van der Waals surface area contributed by atoms with Crippen molar-refractivity contribution in [3.63, 3.8) is 0 Å². The summed E-state index contributed by atoms with van der Waals surface area (Å²) >= 11 is 6.54. The molecule has 0 saturated carbocycles. The summed E-state index contributed by atoms with van der Waals surface area (Å²) in [5.41, 5.74) is 2.80. The van der Waals surface area contributed by atoms with Gasteiger partial charge in [0.1, 0.15) is 28.9 Å². The molecule has 184 valence electrons. The summed E-state index contributed by atoms with van der Waals surface area (Å²) in [5.74, 6) is 2.12. The highest BCUT2D eigenvalue weighted by Crippen LogP contribution is 2.34. The largest absolute Gasteiger partial charge is 0.456 e. The Morgan fingerprint density at radius 1 is 1.08 bits per heavy atom. The predicted octanol–water partition coefficient (Wildman–Crippen LogP) is 4.70. The van der Waals surface area contributed by atoms with Gasteiger partial charge in [-0.1, -0.05) is 11.6 Å². The molecule has 0 amide bonds. The van der Waals surface area contributed by atoms with Crippen molar-refractivity contribution in [2.45, 2.75) is 19.4 Å². The number of anilines is 3. The van der Waals surface area contributed by atoms with E-state index < -0.39 is 5.60 Å². The molecule has 0 unspecified atom stereocenters. The Kier molecular flexibility index (Phi) is 6.07. The first-order chi connectivity index (χ1) is 17.2. The number of nitrogens with one attached hydrogen (secondary N) is 1. The molecule has 0 atom stereocenters.